The average Bonchev–Trinajstić information content (AvgIpc) is 3.10. The first kappa shape index (κ1) is 30.9. The largest absolute Gasteiger partial charge is 4.00 e. The van der Waals surface area contributed by atoms with E-state index in [1.54, 1.807) is 0 Å². The molecule has 0 aliphatic carbocycles. The molecular formula is C28H38SiZr. The van der Waals surface area contributed by atoms with Crippen LogP contribution in [0.4, 0.5) is 0 Å². The summed E-state index contributed by atoms with van der Waals surface area (Å²) in [6.45, 7) is 17.2. The van der Waals surface area contributed by atoms with Gasteiger partial charge < -0.3 is 14.9 Å². The Bertz CT molecular complexity index is 950. The van der Waals surface area contributed by atoms with Gasteiger partial charge in [-0.15, -0.1) is 56.9 Å². The molecule has 0 amide bonds. The van der Waals surface area contributed by atoms with Crippen LogP contribution in [0.3, 0.4) is 0 Å². The summed E-state index contributed by atoms with van der Waals surface area (Å²) in [6.07, 6.45) is 0. The maximum Gasteiger partial charge on any atom is 4.00 e. The first-order valence-corrected chi connectivity index (χ1v) is 11.6. The predicted molar refractivity (Wildman–Crippen MR) is 138 cm³/mol. The van der Waals surface area contributed by atoms with Crippen molar-refractivity contribution in [1.82, 2.24) is 0 Å². The van der Waals surface area contributed by atoms with Gasteiger partial charge in [0, 0.05) is 9.52 Å². The van der Waals surface area contributed by atoms with Crippen molar-refractivity contribution in [1.29, 1.82) is 0 Å². The van der Waals surface area contributed by atoms with Crippen molar-refractivity contribution >= 4 is 31.1 Å². The Morgan fingerprint density at radius 3 is 1.17 bits per heavy atom. The minimum Gasteiger partial charge on any atom is -0.358 e. The van der Waals surface area contributed by atoms with Crippen molar-refractivity contribution in [3.63, 3.8) is 0 Å². The summed E-state index contributed by atoms with van der Waals surface area (Å²) in [5, 5.41) is 5.56. The molecule has 4 aromatic rings. The number of benzene rings is 2. The van der Waals surface area contributed by atoms with E-state index in [4.69, 9.17) is 0 Å². The van der Waals surface area contributed by atoms with E-state index in [0.717, 1.165) is 9.52 Å². The van der Waals surface area contributed by atoms with Crippen molar-refractivity contribution in [3.8, 4) is 0 Å². The van der Waals surface area contributed by atoms with Crippen LogP contribution in [0, 0.1) is 56.4 Å². The normalized spacial score (nSPS) is 9.33. The Kier molecular flexibility index (Phi) is 14.4. The fourth-order valence-electron chi connectivity index (χ4n) is 3.69. The van der Waals surface area contributed by atoms with Gasteiger partial charge in [-0.25, -0.2) is 0 Å². The zero-order valence-electron chi connectivity index (χ0n) is 20.6. The smallest absolute Gasteiger partial charge is 0.358 e. The first-order valence-electron chi connectivity index (χ1n) is 9.62. The molecule has 4 aromatic carbocycles. The molecule has 0 atom stereocenters. The quantitative estimate of drug-likeness (QED) is 0.170. The number of fused-ring (bicyclic) bond motifs is 2. The molecule has 0 nitrogen and oxygen atoms in total. The number of hydrogen-bond acceptors (Lipinski definition) is 0. The molecule has 158 valence electrons. The van der Waals surface area contributed by atoms with E-state index < -0.39 is 0 Å². The second kappa shape index (κ2) is 13.9. The van der Waals surface area contributed by atoms with Gasteiger partial charge in [0.2, 0.25) is 0 Å². The molecule has 2 heteroatoms. The van der Waals surface area contributed by atoms with Crippen LogP contribution in [0.15, 0.2) is 48.5 Å². The van der Waals surface area contributed by atoms with Gasteiger partial charge in [-0.05, 0) is 27.7 Å². The topological polar surface area (TPSA) is 0 Å². The Labute approximate surface area is 207 Å². The molecule has 0 aliphatic heterocycles. The molecule has 0 unspecified atom stereocenters. The third-order valence-corrected chi connectivity index (χ3v) is 4.64. The summed E-state index contributed by atoms with van der Waals surface area (Å²) < 4.78 is 0. The standard InChI is InChI=1S/2C12H13.C2H6Si.2CH3.Zr/c2*1-8-4-10(3)12-7-9(2)6-11(12)5-8;1-3-2;;;/h2*4-7H,1-3H3;1-2H3;2*1H3;/q2*-1;;2*-1;+4. The van der Waals surface area contributed by atoms with Crippen LogP contribution in [0.25, 0.3) is 21.5 Å². The third kappa shape index (κ3) is 8.12. The van der Waals surface area contributed by atoms with Crippen molar-refractivity contribution < 1.29 is 26.2 Å². The summed E-state index contributed by atoms with van der Waals surface area (Å²) in [6, 6.07) is 18.0. The number of hydrogen-bond donors (Lipinski definition) is 0. The molecule has 0 fully saturated rings. The summed E-state index contributed by atoms with van der Waals surface area (Å²) in [5.41, 5.74) is 8.20. The molecule has 4 rings (SSSR count). The monoisotopic (exact) mass is 492 g/mol. The van der Waals surface area contributed by atoms with Crippen LogP contribution in [0.2, 0.25) is 13.1 Å². The van der Waals surface area contributed by atoms with Crippen molar-refractivity contribution in [2.45, 2.75) is 54.6 Å². The zero-order chi connectivity index (χ0) is 20.1. The van der Waals surface area contributed by atoms with E-state index in [1.807, 2.05) is 0 Å². The summed E-state index contributed by atoms with van der Waals surface area (Å²) >= 11 is 0. The minimum atomic E-state index is 0. The minimum absolute atomic E-state index is 0. The molecule has 0 spiro atoms. The van der Waals surface area contributed by atoms with E-state index in [1.165, 1.54) is 54.9 Å². The van der Waals surface area contributed by atoms with Crippen molar-refractivity contribution in [2.24, 2.45) is 0 Å². The molecule has 0 saturated carbocycles. The van der Waals surface area contributed by atoms with E-state index in [2.05, 4.69) is 103 Å². The maximum absolute atomic E-state index is 2.25. The molecule has 0 saturated heterocycles. The van der Waals surface area contributed by atoms with E-state index in [9.17, 15) is 0 Å². The fraction of sp³-hybridized carbons (Fsp3) is 0.286. The van der Waals surface area contributed by atoms with Crippen LogP contribution in [0.5, 0.6) is 0 Å². The zero-order valence-corrected chi connectivity index (χ0v) is 24.1. The second-order valence-electron chi connectivity index (χ2n) is 7.73. The average molecular weight is 494 g/mol. The van der Waals surface area contributed by atoms with Crippen molar-refractivity contribution in [2.75, 3.05) is 0 Å². The van der Waals surface area contributed by atoms with Gasteiger partial charge in [-0.3, -0.25) is 0 Å². The van der Waals surface area contributed by atoms with Crippen LogP contribution < -0.4 is 0 Å². The van der Waals surface area contributed by atoms with Gasteiger partial charge >= 0.3 is 26.2 Å². The maximum atomic E-state index is 2.25. The molecule has 0 heterocycles. The van der Waals surface area contributed by atoms with Gasteiger partial charge in [0.1, 0.15) is 0 Å². The molecule has 0 aliphatic rings. The molecule has 2 radical (unpaired) electrons. The fourth-order valence-corrected chi connectivity index (χ4v) is 3.69. The molecule has 0 N–H and O–H groups in total. The van der Waals surface area contributed by atoms with Gasteiger partial charge in [-0.2, -0.15) is 12.1 Å². The Morgan fingerprint density at radius 1 is 0.567 bits per heavy atom. The van der Waals surface area contributed by atoms with Gasteiger partial charge in [0.05, 0.1) is 0 Å². The SMILES string of the molecule is C[Si]C.Cc1cc(C)c2cc(C)[cH-]c2c1.Cc1cc(C)c2cc(C)[cH-]c2c1.[CH3-].[CH3-].[Zr+4]. The van der Waals surface area contributed by atoms with Gasteiger partial charge in [-0.1, -0.05) is 61.3 Å². The predicted octanol–water partition coefficient (Wildman–Crippen LogP) is 8.65. The first-order chi connectivity index (χ1) is 12.7. The van der Waals surface area contributed by atoms with E-state index in [-0.39, 0.29) is 41.1 Å². The molecule has 0 bridgehead atoms. The third-order valence-electron chi connectivity index (χ3n) is 4.64. The number of aryl methyl sites for hydroxylation is 6. The molecule has 0 aromatic heterocycles. The second-order valence-corrected chi connectivity index (χ2v) is 8.73. The Hall–Kier alpha value is -1.24. The summed E-state index contributed by atoms with van der Waals surface area (Å²) in [7, 11) is 1.08. The molecule has 30 heavy (non-hydrogen) atoms. The van der Waals surface area contributed by atoms with Crippen LogP contribution in [-0.2, 0) is 26.2 Å². The van der Waals surface area contributed by atoms with Crippen LogP contribution >= 0.6 is 0 Å². The Morgan fingerprint density at radius 2 is 0.867 bits per heavy atom. The van der Waals surface area contributed by atoms with Crippen LogP contribution in [-0.4, -0.2) is 9.52 Å². The summed E-state index contributed by atoms with van der Waals surface area (Å²) in [4.78, 5) is 0. The van der Waals surface area contributed by atoms with E-state index in [0.29, 0.717) is 0 Å². The van der Waals surface area contributed by atoms with E-state index >= 15 is 0 Å². The Balaban J connectivity index is 0. The molecular weight excluding hydrogens is 456 g/mol. The summed E-state index contributed by atoms with van der Waals surface area (Å²) in [5.74, 6) is 0. The number of rotatable bonds is 0. The van der Waals surface area contributed by atoms with Crippen molar-refractivity contribution in [3.05, 3.63) is 96.8 Å². The van der Waals surface area contributed by atoms with Gasteiger partial charge in [0.15, 0.2) is 0 Å². The van der Waals surface area contributed by atoms with Crippen LogP contribution in [0.1, 0.15) is 33.4 Å². The van der Waals surface area contributed by atoms with Gasteiger partial charge in [0.25, 0.3) is 0 Å².